The van der Waals surface area contributed by atoms with Crippen molar-refractivity contribution in [1.82, 2.24) is 5.32 Å². The highest BCUT2D eigenvalue weighted by atomic mass is 19.4. The maximum absolute atomic E-state index is 12.3. The summed E-state index contributed by atoms with van der Waals surface area (Å²) in [6, 6.07) is 13.0. The lowest BCUT2D eigenvalue weighted by atomic mass is 10.1. The first-order valence-corrected chi connectivity index (χ1v) is 8.77. The van der Waals surface area contributed by atoms with Gasteiger partial charge in [-0.15, -0.1) is 0 Å². The predicted octanol–water partition coefficient (Wildman–Crippen LogP) is 3.32. The van der Waals surface area contributed by atoms with Crippen molar-refractivity contribution in [2.75, 3.05) is 25.1 Å². The molecule has 0 heterocycles. The monoisotopic (exact) mass is 410 g/mol. The van der Waals surface area contributed by atoms with Crippen LogP contribution in [0.2, 0.25) is 0 Å². The van der Waals surface area contributed by atoms with E-state index < -0.39 is 18.7 Å². The molecule has 2 N–H and O–H groups in total. The molecule has 0 atom stereocenters. The van der Waals surface area contributed by atoms with Gasteiger partial charge in [-0.1, -0.05) is 24.3 Å². The molecule has 0 aliphatic heterocycles. The van der Waals surface area contributed by atoms with Crippen molar-refractivity contribution in [2.45, 2.75) is 19.5 Å². The van der Waals surface area contributed by atoms with Gasteiger partial charge in [-0.25, -0.2) is 0 Å². The van der Waals surface area contributed by atoms with Gasteiger partial charge in [0.2, 0.25) is 5.91 Å². The lowest BCUT2D eigenvalue weighted by Gasteiger charge is -2.13. The van der Waals surface area contributed by atoms with Gasteiger partial charge in [-0.3, -0.25) is 9.59 Å². The number of halogens is 3. The number of anilines is 1. The summed E-state index contributed by atoms with van der Waals surface area (Å²) < 4.78 is 46.9. The summed E-state index contributed by atoms with van der Waals surface area (Å²) in [5, 5.41) is 5.33. The minimum absolute atomic E-state index is 0.0560. The van der Waals surface area contributed by atoms with Crippen molar-refractivity contribution in [3.63, 3.8) is 0 Å². The van der Waals surface area contributed by atoms with Crippen LogP contribution < -0.4 is 20.1 Å². The maximum atomic E-state index is 12.3. The number of ether oxygens (including phenoxy) is 2. The van der Waals surface area contributed by atoms with Crippen LogP contribution in [0.15, 0.2) is 48.5 Å². The van der Waals surface area contributed by atoms with Crippen molar-refractivity contribution in [3.05, 3.63) is 54.1 Å². The second-order valence-electron chi connectivity index (χ2n) is 6.12. The van der Waals surface area contributed by atoms with Crippen LogP contribution in [0.3, 0.4) is 0 Å². The van der Waals surface area contributed by atoms with Crippen molar-refractivity contribution < 1.29 is 32.2 Å². The first-order valence-electron chi connectivity index (χ1n) is 8.77. The highest BCUT2D eigenvalue weighted by molar-refractivity contribution is 5.88. The zero-order valence-electron chi connectivity index (χ0n) is 15.7. The standard InChI is InChI=1S/C20H21F3N2O4/c1-14(26)25-16-8-6-15(7-9-16)10-11-24-19(27)12-28-17-4-2-3-5-18(17)29-13-20(21,22)23/h2-9H,10-13H2,1H3,(H,24,27)(H,25,26). The molecular formula is C20H21F3N2O4. The van der Waals surface area contributed by atoms with Crippen LogP contribution in [0.5, 0.6) is 11.5 Å². The topological polar surface area (TPSA) is 76.7 Å². The van der Waals surface area contributed by atoms with E-state index in [1.165, 1.54) is 25.1 Å². The molecule has 6 nitrogen and oxygen atoms in total. The van der Waals surface area contributed by atoms with Crippen LogP contribution in [-0.2, 0) is 16.0 Å². The number of rotatable bonds is 9. The van der Waals surface area contributed by atoms with Crippen molar-refractivity contribution in [2.24, 2.45) is 0 Å². The molecule has 0 saturated carbocycles. The third-order valence-corrected chi connectivity index (χ3v) is 3.61. The van der Waals surface area contributed by atoms with Gasteiger partial charge in [0.1, 0.15) is 0 Å². The van der Waals surface area contributed by atoms with E-state index in [1.807, 2.05) is 12.1 Å². The van der Waals surface area contributed by atoms with E-state index >= 15 is 0 Å². The second-order valence-corrected chi connectivity index (χ2v) is 6.12. The summed E-state index contributed by atoms with van der Waals surface area (Å²) in [4.78, 5) is 22.9. The smallest absolute Gasteiger partial charge is 0.422 e. The highest BCUT2D eigenvalue weighted by Crippen LogP contribution is 2.28. The van der Waals surface area contributed by atoms with Crippen LogP contribution in [0, 0.1) is 0 Å². The van der Waals surface area contributed by atoms with E-state index in [2.05, 4.69) is 10.6 Å². The van der Waals surface area contributed by atoms with Gasteiger partial charge >= 0.3 is 6.18 Å². The Labute approximate surface area is 166 Å². The molecule has 0 aromatic heterocycles. The van der Waals surface area contributed by atoms with Gasteiger partial charge < -0.3 is 20.1 Å². The highest BCUT2D eigenvalue weighted by Gasteiger charge is 2.29. The Kier molecular flexibility index (Phi) is 7.88. The van der Waals surface area contributed by atoms with E-state index in [1.54, 1.807) is 18.2 Å². The number of hydrogen-bond acceptors (Lipinski definition) is 4. The Bertz CT molecular complexity index is 823. The Balaban J connectivity index is 1.75. The molecule has 0 fully saturated rings. The molecule has 0 bridgehead atoms. The number of para-hydroxylation sites is 2. The molecule has 0 spiro atoms. The van der Waals surface area contributed by atoms with Gasteiger partial charge in [0, 0.05) is 19.2 Å². The fourth-order valence-electron chi connectivity index (χ4n) is 2.35. The fourth-order valence-corrected chi connectivity index (χ4v) is 2.35. The molecule has 0 aliphatic carbocycles. The van der Waals surface area contributed by atoms with Crippen molar-refractivity contribution in [1.29, 1.82) is 0 Å². The normalized spacial score (nSPS) is 10.9. The van der Waals surface area contributed by atoms with E-state index in [0.29, 0.717) is 18.7 Å². The molecule has 2 amide bonds. The van der Waals surface area contributed by atoms with Crippen LogP contribution in [0.25, 0.3) is 0 Å². The average molecular weight is 410 g/mol. The quantitative estimate of drug-likeness (QED) is 0.665. The predicted molar refractivity (Wildman–Crippen MR) is 101 cm³/mol. The van der Waals surface area contributed by atoms with E-state index in [0.717, 1.165) is 5.56 Å². The minimum atomic E-state index is -4.47. The van der Waals surface area contributed by atoms with Crippen LogP contribution in [-0.4, -0.2) is 37.7 Å². The summed E-state index contributed by atoms with van der Waals surface area (Å²) >= 11 is 0. The molecule has 0 radical (unpaired) electrons. The first-order chi connectivity index (χ1) is 13.7. The summed E-state index contributed by atoms with van der Waals surface area (Å²) in [7, 11) is 0. The Hall–Kier alpha value is -3.23. The number of amides is 2. The molecule has 2 aromatic carbocycles. The van der Waals surface area contributed by atoms with Gasteiger partial charge in [-0.05, 0) is 36.2 Å². The van der Waals surface area contributed by atoms with Gasteiger partial charge in [0.05, 0.1) is 0 Å². The third kappa shape index (κ3) is 8.54. The zero-order valence-corrected chi connectivity index (χ0v) is 15.7. The molecule has 2 aromatic rings. The summed E-state index contributed by atoms with van der Waals surface area (Å²) in [6.07, 6.45) is -3.90. The first kappa shape index (κ1) is 22.1. The van der Waals surface area contributed by atoms with Gasteiger partial charge in [0.25, 0.3) is 5.91 Å². The van der Waals surface area contributed by atoms with Crippen LogP contribution >= 0.6 is 0 Å². The molecule has 29 heavy (non-hydrogen) atoms. The largest absolute Gasteiger partial charge is 0.480 e. The minimum Gasteiger partial charge on any atom is -0.480 e. The lowest BCUT2D eigenvalue weighted by Crippen LogP contribution is -2.30. The Morgan fingerprint density at radius 3 is 2.17 bits per heavy atom. The molecule has 0 aliphatic rings. The summed E-state index contributed by atoms with van der Waals surface area (Å²) in [5.41, 5.74) is 1.65. The molecule has 156 valence electrons. The van der Waals surface area contributed by atoms with E-state index in [4.69, 9.17) is 9.47 Å². The average Bonchev–Trinajstić information content (AvgIpc) is 2.66. The molecule has 0 unspecified atom stereocenters. The van der Waals surface area contributed by atoms with E-state index in [9.17, 15) is 22.8 Å². The number of nitrogens with one attached hydrogen (secondary N) is 2. The Morgan fingerprint density at radius 1 is 0.966 bits per heavy atom. The van der Waals surface area contributed by atoms with Crippen LogP contribution in [0.4, 0.5) is 18.9 Å². The second kappa shape index (κ2) is 10.4. The molecular weight excluding hydrogens is 389 g/mol. The fraction of sp³-hybridized carbons (Fsp3) is 0.300. The SMILES string of the molecule is CC(=O)Nc1ccc(CCNC(=O)COc2ccccc2OCC(F)(F)F)cc1. The number of alkyl halides is 3. The number of hydrogen-bond donors (Lipinski definition) is 2. The van der Waals surface area contributed by atoms with Gasteiger partial charge in [-0.2, -0.15) is 13.2 Å². The lowest BCUT2D eigenvalue weighted by molar-refractivity contribution is -0.153. The third-order valence-electron chi connectivity index (χ3n) is 3.61. The van der Waals surface area contributed by atoms with Crippen molar-refractivity contribution >= 4 is 17.5 Å². The molecule has 9 heteroatoms. The summed E-state index contributed by atoms with van der Waals surface area (Å²) in [5.74, 6) is -0.599. The number of carbonyl (C=O) groups is 2. The number of benzene rings is 2. The van der Waals surface area contributed by atoms with Crippen LogP contribution in [0.1, 0.15) is 12.5 Å². The molecule has 2 rings (SSSR count). The zero-order chi connectivity index (χ0) is 21.3. The Morgan fingerprint density at radius 2 is 1.59 bits per heavy atom. The number of carbonyl (C=O) groups excluding carboxylic acids is 2. The van der Waals surface area contributed by atoms with Gasteiger partial charge in [0.15, 0.2) is 24.7 Å². The van der Waals surface area contributed by atoms with Crippen molar-refractivity contribution in [3.8, 4) is 11.5 Å². The molecule has 0 saturated heterocycles. The van der Waals surface area contributed by atoms with E-state index in [-0.39, 0.29) is 24.0 Å². The summed E-state index contributed by atoms with van der Waals surface area (Å²) in [6.45, 7) is -0.0194. The maximum Gasteiger partial charge on any atom is 0.422 e.